The number of amides is 1. The minimum absolute atomic E-state index is 0.0366. The van der Waals surface area contributed by atoms with Gasteiger partial charge in [-0.2, -0.15) is 0 Å². The number of aromatic nitrogens is 1. The first kappa shape index (κ1) is 20.8. The van der Waals surface area contributed by atoms with Crippen LogP contribution in [0.1, 0.15) is 16.8 Å². The lowest BCUT2D eigenvalue weighted by Gasteiger charge is -2.23. The number of methoxy groups -OCH3 is 1. The Balaban J connectivity index is 1.60. The molecule has 0 bridgehead atoms. The molecule has 0 radical (unpaired) electrons. The lowest BCUT2D eigenvalue weighted by molar-refractivity contribution is -0.138. The summed E-state index contributed by atoms with van der Waals surface area (Å²) in [5, 5.41) is 0. The highest BCUT2D eigenvalue weighted by molar-refractivity contribution is 5.77. The number of carbonyl (C=O) groups is 1. The van der Waals surface area contributed by atoms with Crippen molar-refractivity contribution in [3.63, 3.8) is 0 Å². The average molecular weight is 392 g/mol. The second-order valence-corrected chi connectivity index (χ2v) is 6.90. The van der Waals surface area contributed by atoms with Gasteiger partial charge in [-0.15, -0.1) is 0 Å². The Hall–Kier alpha value is -2.89. The van der Waals surface area contributed by atoms with Crippen LogP contribution in [0.3, 0.4) is 0 Å². The minimum Gasteiger partial charge on any atom is -0.383 e. The lowest BCUT2D eigenvalue weighted by atomic mass is 10.2. The summed E-state index contributed by atoms with van der Waals surface area (Å²) in [6.07, 6.45) is 2.05. The third kappa shape index (κ3) is 6.59. The third-order valence-corrected chi connectivity index (χ3v) is 4.73. The molecule has 1 heterocycles. The highest BCUT2D eigenvalue weighted by Gasteiger charge is 2.16. The van der Waals surface area contributed by atoms with E-state index < -0.39 is 0 Å². The fourth-order valence-electron chi connectivity index (χ4n) is 3.14. The van der Waals surface area contributed by atoms with E-state index >= 15 is 0 Å². The van der Waals surface area contributed by atoms with Crippen LogP contribution in [0.4, 0.5) is 0 Å². The van der Waals surface area contributed by atoms with Gasteiger partial charge in [0.1, 0.15) is 6.61 Å². The summed E-state index contributed by atoms with van der Waals surface area (Å²) in [7, 11) is 1.65. The van der Waals surface area contributed by atoms with Gasteiger partial charge in [-0.05, 0) is 23.3 Å². The zero-order valence-electron chi connectivity index (χ0n) is 16.9. The van der Waals surface area contributed by atoms with Crippen LogP contribution in [0.2, 0.25) is 0 Å². The van der Waals surface area contributed by atoms with Gasteiger partial charge in [0.05, 0.1) is 19.8 Å². The molecule has 0 spiro atoms. The molecule has 5 nitrogen and oxygen atoms in total. The second kappa shape index (κ2) is 11.2. The molecule has 2 aromatic carbocycles. The van der Waals surface area contributed by atoms with E-state index in [4.69, 9.17) is 9.47 Å². The largest absolute Gasteiger partial charge is 0.383 e. The summed E-state index contributed by atoms with van der Waals surface area (Å²) >= 11 is 0. The van der Waals surface area contributed by atoms with Gasteiger partial charge in [-0.25, -0.2) is 0 Å². The molecule has 0 fully saturated rings. The first-order chi connectivity index (χ1) is 14.3. The molecule has 0 saturated heterocycles. The zero-order valence-corrected chi connectivity index (χ0v) is 16.9. The number of hydrogen-bond acceptors (Lipinski definition) is 3. The lowest BCUT2D eigenvalue weighted by Crippen LogP contribution is -2.36. The number of rotatable bonds is 11. The van der Waals surface area contributed by atoms with Crippen LogP contribution >= 0.6 is 0 Å². The number of carbonyl (C=O) groups excluding carboxylic acids is 1. The summed E-state index contributed by atoms with van der Waals surface area (Å²) in [5.41, 5.74) is 3.37. The highest BCUT2D eigenvalue weighted by Crippen LogP contribution is 2.11. The van der Waals surface area contributed by atoms with Crippen LogP contribution in [0.15, 0.2) is 79.0 Å². The summed E-state index contributed by atoms with van der Waals surface area (Å²) < 4.78 is 13.0. The summed E-state index contributed by atoms with van der Waals surface area (Å²) in [5.74, 6) is -0.0366. The number of benzene rings is 2. The Labute approximate surface area is 172 Å². The predicted octanol–water partition coefficient (Wildman–Crippen LogP) is 3.73. The number of ether oxygens (including phenoxy) is 2. The minimum atomic E-state index is -0.0366. The zero-order chi connectivity index (χ0) is 20.3. The van der Waals surface area contributed by atoms with Crippen LogP contribution in [-0.2, 0) is 34.0 Å². The van der Waals surface area contributed by atoms with Crippen LogP contribution < -0.4 is 0 Å². The van der Waals surface area contributed by atoms with Gasteiger partial charge in [-0.1, -0.05) is 60.7 Å². The van der Waals surface area contributed by atoms with Gasteiger partial charge < -0.3 is 18.9 Å². The topological polar surface area (TPSA) is 43.7 Å². The molecule has 0 atom stereocenters. The van der Waals surface area contributed by atoms with E-state index in [2.05, 4.69) is 22.8 Å². The quantitative estimate of drug-likeness (QED) is 0.499. The van der Waals surface area contributed by atoms with Crippen molar-refractivity contribution in [3.05, 3.63) is 95.8 Å². The Bertz CT molecular complexity index is 862. The summed E-state index contributed by atoms with van der Waals surface area (Å²) in [4.78, 5) is 14.6. The van der Waals surface area contributed by atoms with Gasteiger partial charge in [0.25, 0.3) is 0 Å². The monoisotopic (exact) mass is 392 g/mol. The Morgan fingerprint density at radius 1 is 0.931 bits per heavy atom. The van der Waals surface area contributed by atoms with E-state index in [0.29, 0.717) is 26.3 Å². The van der Waals surface area contributed by atoms with E-state index in [1.54, 1.807) is 12.0 Å². The first-order valence-corrected chi connectivity index (χ1v) is 9.82. The van der Waals surface area contributed by atoms with Gasteiger partial charge in [0.15, 0.2) is 0 Å². The van der Waals surface area contributed by atoms with Crippen molar-refractivity contribution in [3.8, 4) is 0 Å². The Kier molecular flexibility index (Phi) is 8.04. The maximum absolute atomic E-state index is 12.8. The first-order valence-electron chi connectivity index (χ1n) is 9.82. The molecule has 0 unspecified atom stereocenters. The molecule has 29 heavy (non-hydrogen) atoms. The van der Waals surface area contributed by atoms with Crippen molar-refractivity contribution in [1.82, 2.24) is 9.47 Å². The molecule has 1 aromatic heterocycles. The van der Waals surface area contributed by atoms with Crippen molar-refractivity contribution in [2.75, 3.05) is 26.9 Å². The van der Waals surface area contributed by atoms with Crippen LogP contribution in [0.25, 0.3) is 0 Å². The van der Waals surface area contributed by atoms with Crippen molar-refractivity contribution in [2.24, 2.45) is 0 Å². The molecule has 0 aliphatic heterocycles. The molecule has 3 rings (SSSR count). The smallest absolute Gasteiger partial charge is 0.249 e. The molecule has 0 aliphatic carbocycles. The second-order valence-electron chi connectivity index (χ2n) is 6.90. The number of nitrogens with zero attached hydrogens (tertiary/aromatic N) is 2. The van der Waals surface area contributed by atoms with Crippen LogP contribution in [0, 0.1) is 0 Å². The fourth-order valence-corrected chi connectivity index (χ4v) is 3.14. The van der Waals surface area contributed by atoms with Crippen molar-refractivity contribution in [2.45, 2.75) is 19.7 Å². The van der Waals surface area contributed by atoms with Crippen molar-refractivity contribution >= 4 is 5.91 Å². The van der Waals surface area contributed by atoms with E-state index in [0.717, 1.165) is 17.8 Å². The molecule has 152 valence electrons. The van der Waals surface area contributed by atoms with Gasteiger partial charge >= 0.3 is 0 Å². The summed E-state index contributed by atoms with van der Waals surface area (Å²) in [6.45, 7) is 2.80. The molecular weight excluding hydrogens is 364 g/mol. The maximum atomic E-state index is 12.8. The van der Waals surface area contributed by atoms with E-state index in [1.807, 2.05) is 60.8 Å². The van der Waals surface area contributed by atoms with Gasteiger partial charge in [0, 0.05) is 32.1 Å². The van der Waals surface area contributed by atoms with Crippen molar-refractivity contribution in [1.29, 1.82) is 0 Å². The molecule has 3 aromatic rings. The molecule has 0 aliphatic rings. The maximum Gasteiger partial charge on any atom is 0.249 e. The third-order valence-electron chi connectivity index (χ3n) is 4.73. The van der Waals surface area contributed by atoms with E-state index in [1.165, 1.54) is 5.56 Å². The average Bonchev–Trinajstić information content (AvgIpc) is 3.19. The molecule has 5 heteroatoms. The van der Waals surface area contributed by atoms with E-state index in [9.17, 15) is 4.79 Å². The van der Waals surface area contributed by atoms with Crippen molar-refractivity contribution < 1.29 is 14.3 Å². The summed E-state index contributed by atoms with van der Waals surface area (Å²) in [6, 6.07) is 24.3. The Morgan fingerprint density at radius 2 is 1.62 bits per heavy atom. The Morgan fingerprint density at radius 3 is 2.31 bits per heavy atom. The molecular formula is C24H28N2O3. The van der Waals surface area contributed by atoms with Crippen LogP contribution in [0.5, 0.6) is 0 Å². The molecule has 1 amide bonds. The highest BCUT2D eigenvalue weighted by atomic mass is 16.5. The van der Waals surface area contributed by atoms with Gasteiger partial charge in [-0.3, -0.25) is 4.79 Å². The van der Waals surface area contributed by atoms with Crippen LogP contribution in [-0.4, -0.2) is 42.2 Å². The predicted molar refractivity (Wildman–Crippen MR) is 113 cm³/mol. The molecule has 0 N–H and O–H groups in total. The van der Waals surface area contributed by atoms with Gasteiger partial charge in [0.2, 0.25) is 5.91 Å². The number of hydrogen-bond donors (Lipinski definition) is 0. The normalized spacial score (nSPS) is 10.8. The standard InChI is InChI=1S/C24H28N2O3/c1-28-16-15-26(24(27)20-29-19-22-11-6-3-7-12-22)18-23-13-8-14-25(23)17-21-9-4-2-5-10-21/h2-14H,15-20H2,1H3. The fraction of sp³-hybridized carbons (Fsp3) is 0.292. The SMILES string of the molecule is COCCN(Cc1cccn1Cc1ccccc1)C(=O)COCc1ccccc1. The van der Waals surface area contributed by atoms with E-state index in [-0.39, 0.29) is 12.5 Å². The molecule has 0 saturated carbocycles.